The number of hydrogen-bond donors (Lipinski definition) is 2. The summed E-state index contributed by atoms with van der Waals surface area (Å²) in [6.45, 7) is 7.86. The molecule has 1 aromatic rings. The van der Waals surface area contributed by atoms with Gasteiger partial charge in [0.15, 0.2) is 0 Å². The Kier molecular flexibility index (Phi) is 4.41. The molecule has 5 heteroatoms. The SMILES string of the molecule is CC1=C(C#N)C(c2ccc(O)c(Cl)c2)C(C#N)=C(C(C)(C)C)N1. The third-order valence-electron chi connectivity index (χ3n) is 3.86. The highest BCUT2D eigenvalue weighted by Crippen LogP contribution is 2.43. The first-order valence-electron chi connectivity index (χ1n) is 7.21. The van der Waals surface area contributed by atoms with Crippen molar-refractivity contribution in [3.05, 3.63) is 51.3 Å². The standard InChI is InChI=1S/C18H18ClN3O/c1-10-12(8-20)16(11-5-6-15(23)14(19)7-11)13(9-21)17(22-10)18(2,3)4/h5-7,16,22-23H,1-4H3. The lowest BCUT2D eigenvalue weighted by atomic mass is 9.76. The topological polar surface area (TPSA) is 79.8 Å². The van der Waals surface area contributed by atoms with Gasteiger partial charge in [0.2, 0.25) is 0 Å². The van der Waals surface area contributed by atoms with Crippen LogP contribution in [-0.2, 0) is 0 Å². The van der Waals surface area contributed by atoms with Gasteiger partial charge in [0.25, 0.3) is 0 Å². The summed E-state index contributed by atoms with van der Waals surface area (Å²) in [6, 6.07) is 9.24. The smallest absolute Gasteiger partial charge is 0.134 e. The Labute approximate surface area is 141 Å². The van der Waals surface area contributed by atoms with Gasteiger partial charge in [-0.15, -0.1) is 0 Å². The third-order valence-corrected chi connectivity index (χ3v) is 4.16. The maximum atomic E-state index is 9.72. The van der Waals surface area contributed by atoms with E-state index < -0.39 is 5.92 Å². The van der Waals surface area contributed by atoms with Crippen molar-refractivity contribution in [2.24, 2.45) is 5.41 Å². The molecule has 1 atom stereocenters. The van der Waals surface area contributed by atoms with Gasteiger partial charge in [-0.1, -0.05) is 38.4 Å². The molecule has 0 bridgehead atoms. The van der Waals surface area contributed by atoms with Crippen molar-refractivity contribution in [2.45, 2.75) is 33.6 Å². The second kappa shape index (κ2) is 5.99. The summed E-state index contributed by atoms with van der Waals surface area (Å²) in [7, 11) is 0. The molecule has 1 heterocycles. The van der Waals surface area contributed by atoms with Gasteiger partial charge in [-0.2, -0.15) is 10.5 Å². The summed E-state index contributed by atoms with van der Waals surface area (Å²) < 4.78 is 0. The van der Waals surface area contributed by atoms with Crippen LogP contribution in [0.1, 0.15) is 39.2 Å². The number of dihydropyridines is 1. The molecule has 0 aromatic heterocycles. The van der Waals surface area contributed by atoms with Gasteiger partial charge in [-0.25, -0.2) is 0 Å². The zero-order valence-corrected chi connectivity index (χ0v) is 14.3. The largest absolute Gasteiger partial charge is 0.506 e. The molecule has 0 amide bonds. The fourth-order valence-electron chi connectivity index (χ4n) is 2.72. The normalized spacial score (nSPS) is 18.3. The van der Waals surface area contributed by atoms with Gasteiger partial charge < -0.3 is 10.4 Å². The fraction of sp³-hybridized carbons (Fsp3) is 0.333. The van der Waals surface area contributed by atoms with E-state index in [2.05, 4.69) is 17.5 Å². The van der Waals surface area contributed by atoms with Crippen molar-refractivity contribution < 1.29 is 5.11 Å². The summed E-state index contributed by atoms with van der Waals surface area (Å²) in [5, 5.41) is 32.3. The average molecular weight is 328 g/mol. The molecule has 1 aliphatic heterocycles. The van der Waals surface area contributed by atoms with Gasteiger partial charge in [0, 0.05) is 16.8 Å². The molecule has 118 valence electrons. The zero-order valence-electron chi connectivity index (χ0n) is 13.5. The van der Waals surface area contributed by atoms with Crippen molar-refractivity contribution in [3.63, 3.8) is 0 Å². The Morgan fingerprint density at radius 3 is 2.26 bits per heavy atom. The van der Waals surface area contributed by atoms with Crippen LogP contribution in [0.2, 0.25) is 5.02 Å². The van der Waals surface area contributed by atoms with Gasteiger partial charge >= 0.3 is 0 Å². The van der Waals surface area contributed by atoms with E-state index in [0.717, 1.165) is 11.4 Å². The van der Waals surface area contributed by atoms with Gasteiger partial charge in [0.1, 0.15) is 5.75 Å². The number of phenolic OH excluding ortho intramolecular Hbond substituents is 1. The van der Waals surface area contributed by atoms with Gasteiger partial charge in [-0.05, 0) is 24.6 Å². The Balaban J connectivity index is 2.74. The lowest BCUT2D eigenvalue weighted by Gasteiger charge is -2.34. The second-order valence-electron chi connectivity index (χ2n) is 6.57. The van der Waals surface area contributed by atoms with Crippen molar-refractivity contribution in [1.29, 1.82) is 10.5 Å². The number of phenols is 1. The number of nitrogens with zero attached hydrogens (tertiary/aromatic N) is 2. The molecular weight excluding hydrogens is 310 g/mol. The molecule has 0 saturated heterocycles. The predicted octanol–water partition coefficient (Wildman–Crippen LogP) is 4.35. The number of halogens is 1. The maximum absolute atomic E-state index is 9.72. The minimum atomic E-state index is -0.487. The molecule has 1 unspecified atom stereocenters. The minimum absolute atomic E-state index is 0.0258. The third kappa shape index (κ3) is 3.04. The summed E-state index contributed by atoms with van der Waals surface area (Å²) in [5.74, 6) is -0.513. The molecule has 0 aliphatic carbocycles. The van der Waals surface area contributed by atoms with E-state index in [4.69, 9.17) is 11.6 Å². The summed E-state index contributed by atoms with van der Waals surface area (Å²) in [5.41, 5.74) is 2.95. The van der Waals surface area contributed by atoms with Gasteiger partial charge in [0.05, 0.1) is 34.2 Å². The Morgan fingerprint density at radius 1 is 1.17 bits per heavy atom. The fourth-order valence-corrected chi connectivity index (χ4v) is 2.91. The van der Waals surface area contributed by atoms with Crippen LogP contribution in [0.4, 0.5) is 0 Å². The Hall–Kier alpha value is -2.43. The molecule has 0 saturated carbocycles. The molecule has 4 nitrogen and oxygen atoms in total. The van der Waals surface area contributed by atoms with Crippen molar-refractivity contribution >= 4 is 11.6 Å². The number of nitrogens with one attached hydrogen (secondary N) is 1. The van der Waals surface area contributed by atoms with E-state index >= 15 is 0 Å². The molecule has 2 rings (SSSR count). The highest BCUT2D eigenvalue weighted by Gasteiger charge is 2.35. The van der Waals surface area contributed by atoms with E-state index in [1.165, 1.54) is 6.07 Å². The van der Waals surface area contributed by atoms with E-state index in [1.54, 1.807) is 12.1 Å². The molecule has 23 heavy (non-hydrogen) atoms. The molecule has 1 aromatic carbocycles. The van der Waals surface area contributed by atoms with Crippen LogP contribution in [0.3, 0.4) is 0 Å². The molecular formula is C18H18ClN3O. The number of allylic oxidation sites excluding steroid dienone is 4. The monoisotopic (exact) mass is 327 g/mol. The lowest BCUT2D eigenvalue weighted by molar-refractivity contribution is 0.460. The number of aromatic hydroxyl groups is 1. The molecule has 1 aliphatic rings. The van der Waals surface area contributed by atoms with E-state index in [1.807, 2.05) is 27.7 Å². The van der Waals surface area contributed by atoms with E-state index in [9.17, 15) is 15.6 Å². The maximum Gasteiger partial charge on any atom is 0.134 e. The van der Waals surface area contributed by atoms with Crippen molar-refractivity contribution in [3.8, 4) is 17.9 Å². The molecule has 0 spiro atoms. The van der Waals surface area contributed by atoms with Gasteiger partial charge in [-0.3, -0.25) is 0 Å². The van der Waals surface area contributed by atoms with Crippen LogP contribution in [-0.4, -0.2) is 5.11 Å². The number of hydrogen-bond acceptors (Lipinski definition) is 4. The Bertz CT molecular complexity index is 801. The molecule has 2 N–H and O–H groups in total. The van der Waals surface area contributed by atoms with E-state index in [-0.39, 0.29) is 16.2 Å². The first-order valence-corrected chi connectivity index (χ1v) is 7.59. The lowest BCUT2D eigenvalue weighted by Crippen LogP contribution is -2.31. The van der Waals surface area contributed by atoms with E-state index in [0.29, 0.717) is 16.7 Å². The molecule has 0 fully saturated rings. The quantitative estimate of drug-likeness (QED) is 0.803. The summed E-state index contributed by atoms with van der Waals surface area (Å²) >= 11 is 6.01. The average Bonchev–Trinajstić information content (AvgIpc) is 2.48. The van der Waals surface area contributed by atoms with Crippen LogP contribution in [0, 0.1) is 28.1 Å². The first kappa shape index (κ1) is 16.9. The number of rotatable bonds is 1. The van der Waals surface area contributed by atoms with Crippen molar-refractivity contribution in [2.75, 3.05) is 0 Å². The highest BCUT2D eigenvalue weighted by molar-refractivity contribution is 6.32. The van der Waals surface area contributed by atoms with Crippen LogP contribution in [0.25, 0.3) is 0 Å². The van der Waals surface area contributed by atoms with Crippen LogP contribution in [0.5, 0.6) is 5.75 Å². The number of nitriles is 2. The highest BCUT2D eigenvalue weighted by atomic mass is 35.5. The second-order valence-corrected chi connectivity index (χ2v) is 6.98. The van der Waals surface area contributed by atoms with Crippen LogP contribution < -0.4 is 5.32 Å². The number of benzene rings is 1. The summed E-state index contributed by atoms with van der Waals surface area (Å²) in [6.07, 6.45) is 0. The van der Waals surface area contributed by atoms with Crippen molar-refractivity contribution in [1.82, 2.24) is 5.32 Å². The van der Waals surface area contributed by atoms with Crippen LogP contribution >= 0.6 is 11.6 Å². The first-order chi connectivity index (χ1) is 10.7. The zero-order chi connectivity index (χ0) is 17.4. The molecule has 0 radical (unpaired) electrons. The predicted molar refractivity (Wildman–Crippen MR) is 89.4 cm³/mol. The van der Waals surface area contributed by atoms with Crippen LogP contribution in [0.15, 0.2) is 40.7 Å². The Morgan fingerprint density at radius 2 is 1.78 bits per heavy atom. The minimum Gasteiger partial charge on any atom is -0.506 e. The summed E-state index contributed by atoms with van der Waals surface area (Å²) in [4.78, 5) is 0.